The molecule has 3 amide bonds. The summed E-state index contributed by atoms with van der Waals surface area (Å²) in [6.07, 6.45) is 4.90. The molecule has 26 heavy (non-hydrogen) atoms. The van der Waals surface area contributed by atoms with E-state index >= 15 is 0 Å². The molecule has 2 N–H and O–H groups in total. The Bertz CT molecular complexity index is 609. The van der Waals surface area contributed by atoms with Gasteiger partial charge in [0, 0.05) is 51.7 Å². The topological polar surface area (TPSA) is 64.7 Å². The highest BCUT2D eigenvalue weighted by Gasteiger charge is 2.36. The maximum Gasteiger partial charge on any atom is 0.317 e. The summed E-state index contributed by atoms with van der Waals surface area (Å²) in [5.74, 6) is 0.113. The molecule has 2 saturated heterocycles. The van der Waals surface area contributed by atoms with E-state index in [1.807, 2.05) is 42.3 Å². The van der Waals surface area contributed by atoms with E-state index in [0.717, 1.165) is 18.4 Å². The van der Waals surface area contributed by atoms with Gasteiger partial charge in [0.15, 0.2) is 0 Å². The lowest BCUT2D eigenvalue weighted by Crippen LogP contribution is -2.49. The van der Waals surface area contributed by atoms with Crippen molar-refractivity contribution in [2.45, 2.75) is 56.8 Å². The van der Waals surface area contributed by atoms with E-state index in [-0.39, 0.29) is 11.9 Å². The zero-order chi connectivity index (χ0) is 18.5. The summed E-state index contributed by atoms with van der Waals surface area (Å²) >= 11 is 0. The number of benzene rings is 1. The summed E-state index contributed by atoms with van der Waals surface area (Å²) in [6.45, 7) is 0.928. The van der Waals surface area contributed by atoms with Crippen LogP contribution in [0.4, 0.5) is 4.79 Å². The predicted molar refractivity (Wildman–Crippen MR) is 102 cm³/mol. The minimum Gasteiger partial charge on any atom is -0.343 e. The molecule has 2 bridgehead atoms. The summed E-state index contributed by atoms with van der Waals surface area (Å²) in [5, 5.41) is 6.45. The number of nitrogens with one attached hydrogen (secondary N) is 2. The van der Waals surface area contributed by atoms with Crippen LogP contribution in [0, 0.1) is 0 Å². The van der Waals surface area contributed by atoms with Crippen molar-refractivity contribution in [3.63, 3.8) is 0 Å². The molecule has 0 aromatic heterocycles. The fourth-order valence-corrected chi connectivity index (χ4v) is 4.06. The lowest BCUT2D eigenvalue weighted by molar-refractivity contribution is -0.132. The number of hydrogen-bond donors (Lipinski definition) is 2. The molecular formula is C20H30N4O2. The molecule has 1 aromatic carbocycles. The standard InChI is InChI=1S/C20H30N4O2/c1-23(14-15-6-4-3-5-7-15)20(26)21-11-10-19(25)24(2)18-12-16-8-9-17(13-18)22-16/h3-7,16-18,22H,8-14H2,1-2H3,(H,21,26). The Morgan fingerprint density at radius 2 is 1.77 bits per heavy atom. The van der Waals surface area contributed by atoms with Crippen LogP contribution in [0.5, 0.6) is 0 Å². The molecule has 2 atom stereocenters. The number of fused-ring (bicyclic) bond motifs is 2. The maximum absolute atomic E-state index is 12.5. The Kier molecular flexibility index (Phi) is 6.14. The lowest BCUT2D eigenvalue weighted by atomic mass is 9.98. The summed E-state index contributed by atoms with van der Waals surface area (Å²) in [7, 11) is 3.67. The Morgan fingerprint density at radius 3 is 2.42 bits per heavy atom. The summed E-state index contributed by atoms with van der Waals surface area (Å²) in [5.41, 5.74) is 1.08. The third kappa shape index (κ3) is 4.75. The number of urea groups is 1. The van der Waals surface area contributed by atoms with Crippen LogP contribution in [0.25, 0.3) is 0 Å². The molecule has 0 spiro atoms. The van der Waals surface area contributed by atoms with Crippen LogP contribution < -0.4 is 10.6 Å². The molecule has 2 unspecified atom stereocenters. The zero-order valence-electron chi connectivity index (χ0n) is 15.8. The molecule has 142 valence electrons. The van der Waals surface area contributed by atoms with Crippen LogP contribution in [0.3, 0.4) is 0 Å². The van der Waals surface area contributed by atoms with Gasteiger partial charge in [0.1, 0.15) is 0 Å². The summed E-state index contributed by atoms with van der Waals surface area (Å²) in [6, 6.07) is 11.2. The molecular weight excluding hydrogens is 328 g/mol. The van der Waals surface area contributed by atoms with Gasteiger partial charge in [-0.15, -0.1) is 0 Å². The number of nitrogens with zero attached hydrogens (tertiary/aromatic N) is 2. The molecule has 0 saturated carbocycles. The van der Waals surface area contributed by atoms with Crippen molar-refractivity contribution in [3.8, 4) is 0 Å². The molecule has 0 radical (unpaired) electrons. The first kappa shape index (κ1) is 18.7. The van der Waals surface area contributed by atoms with Gasteiger partial charge in [0.05, 0.1) is 0 Å². The van der Waals surface area contributed by atoms with Crippen LogP contribution >= 0.6 is 0 Å². The van der Waals surface area contributed by atoms with Gasteiger partial charge in [-0.1, -0.05) is 30.3 Å². The average molecular weight is 358 g/mol. The van der Waals surface area contributed by atoms with E-state index in [1.165, 1.54) is 12.8 Å². The second kappa shape index (κ2) is 8.54. The van der Waals surface area contributed by atoms with Gasteiger partial charge in [-0.25, -0.2) is 4.79 Å². The van der Waals surface area contributed by atoms with Crippen LogP contribution in [-0.2, 0) is 11.3 Å². The van der Waals surface area contributed by atoms with Gasteiger partial charge >= 0.3 is 6.03 Å². The first-order valence-electron chi connectivity index (χ1n) is 9.57. The summed E-state index contributed by atoms with van der Waals surface area (Å²) in [4.78, 5) is 28.2. The third-order valence-electron chi connectivity index (χ3n) is 5.61. The predicted octanol–water partition coefficient (Wildman–Crippen LogP) is 1.96. The third-order valence-corrected chi connectivity index (χ3v) is 5.61. The highest BCUT2D eigenvalue weighted by Crippen LogP contribution is 2.29. The second-order valence-electron chi connectivity index (χ2n) is 7.59. The van der Waals surface area contributed by atoms with E-state index in [2.05, 4.69) is 10.6 Å². The SMILES string of the molecule is CN(Cc1ccccc1)C(=O)NCCC(=O)N(C)C1CC2CCC(C1)N2. The molecule has 3 rings (SSSR count). The number of amides is 3. The van der Waals surface area contributed by atoms with Gasteiger partial charge < -0.3 is 20.4 Å². The molecule has 6 heteroatoms. The lowest BCUT2D eigenvalue weighted by Gasteiger charge is -2.35. The van der Waals surface area contributed by atoms with Crippen molar-refractivity contribution in [3.05, 3.63) is 35.9 Å². The first-order chi connectivity index (χ1) is 12.5. The molecule has 0 aliphatic carbocycles. The molecule has 1 aromatic rings. The van der Waals surface area contributed by atoms with Crippen molar-refractivity contribution in [2.24, 2.45) is 0 Å². The Labute approximate surface area is 155 Å². The van der Waals surface area contributed by atoms with Crippen molar-refractivity contribution in [2.75, 3.05) is 20.6 Å². The molecule has 6 nitrogen and oxygen atoms in total. The maximum atomic E-state index is 12.5. The minimum atomic E-state index is -0.149. The fourth-order valence-electron chi connectivity index (χ4n) is 4.06. The quantitative estimate of drug-likeness (QED) is 0.817. The average Bonchev–Trinajstić information content (AvgIpc) is 2.99. The monoisotopic (exact) mass is 358 g/mol. The van der Waals surface area contributed by atoms with Gasteiger partial charge in [0.2, 0.25) is 5.91 Å². The van der Waals surface area contributed by atoms with Crippen molar-refractivity contribution in [1.29, 1.82) is 0 Å². The van der Waals surface area contributed by atoms with Gasteiger partial charge in [-0.2, -0.15) is 0 Å². The fraction of sp³-hybridized carbons (Fsp3) is 0.600. The normalized spacial score (nSPS) is 24.2. The van der Waals surface area contributed by atoms with E-state index in [0.29, 0.717) is 37.6 Å². The number of piperidine rings is 1. The molecule has 2 aliphatic heterocycles. The highest BCUT2D eigenvalue weighted by atomic mass is 16.2. The van der Waals surface area contributed by atoms with E-state index in [1.54, 1.807) is 11.9 Å². The van der Waals surface area contributed by atoms with E-state index in [4.69, 9.17) is 0 Å². The van der Waals surface area contributed by atoms with Crippen LogP contribution in [0.15, 0.2) is 30.3 Å². The van der Waals surface area contributed by atoms with Crippen LogP contribution in [0.1, 0.15) is 37.7 Å². The number of hydrogen-bond acceptors (Lipinski definition) is 3. The highest BCUT2D eigenvalue weighted by molar-refractivity contribution is 5.78. The minimum absolute atomic E-state index is 0.113. The summed E-state index contributed by atoms with van der Waals surface area (Å²) < 4.78 is 0. The molecule has 2 fully saturated rings. The van der Waals surface area contributed by atoms with Crippen LogP contribution in [0.2, 0.25) is 0 Å². The largest absolute Gasteiger partial charge is 0.343 e. The van der Waals surface area contributed by atoms with E-state index in [9.17, 15) is 9.59 Å². The zero-order valence-corrected chi connectivity index (χ0v) is 15.8. The van der Waals surface area contributed by atoms with Gasteiger partial charge in [-0.05, 0) is 31.2 Å². The van der Waals surface area contributed by atoms with Crippen molar-refractivity contribution >= 4 is 11.9 Å². The van der Waals surface area contributed by atoms with Gasteiger partial charge in [-0.3, -0.25) is 4.79 Å². The Balaban J connectivity index is 1.38. The number of carbonyl (C=O) groups is 2. The van der Waals surface area contributed by atoms with Gasteiger partial charge in [0.25, 0.3) is 0 Å². The Morgan fingerprint density at radius 1 is 1.12 bits per heavy atom. The second-order valence-corrected chi connectivity index (χ2v) is 7.59. The van der Waals surface area contributed by atoms with Crippen LogP contribution in [-0.4, -0.2) is 60.5 Å². The number of rotatable bonds is 6. The number of carbonyl (C=O) groups excluding carboxylic acids is 2. The van der Waals surface area contributed by atoms with E-state index < -0.39 is 0 Å². The Hall–Kier alpha value is -2.08. The molecule has 2 heterocycles. The van der Waals surface area contributed by atoms with Crippen molar-refractivity contribution in [1.82, 2.24) is 20.4 Å². The smallest absolute Gasteiger partial charge is 0.317 e. The van der Waals surface area contributed by atoms with Crippen molar-refractivity contribution < 1.29 is 9.59 Å². The first-order valence-corrected chi connectivity index (χ1v) is 9.57. The molecule has 2 aliphatic rings.